The summed E-state index contributed by atoms with van der Waals surface area (Å²) in [6, 6.07) is 39.8. The number of hydrogen-bond acceptors (Lipinski definition) is 37. The smallest absolute Gasteiger partial charge is 0.167 e. The molecule has 2 unspecified atom stereocenters. The molecule has 10 atom stereocenters. The molecule has 10 fully saturated rings. The highest BCUT2D eigenvalue weighted by Crippen LogP contribution is 2.41. The lowest BCUT2D eigenvalue weighted by Gasteiger charge is -2.34. The van der Waals surface area contributed by atoms with Crippen LogP contribution >= 0.6 is 0 Å². The molecule has 5 aliphatic carbocycles. The number of pyridine rings is 2. The van der Waals surface area contributed by atoms with Gasteiger partial charge in [-0.3, -0.25) is 0 Å². The Morgan fingerprint density at radius 1 is 0.277 bits per heavy atom. The summed E-state index contributed by atoms with van der Waals surface area (Å²) in [5.74, 6) is 9.66. The number of ether oxygens (including phenoxy) is 5. The van der Waals surface area contributed by atoms with E-state index in [1.165, 1.54) is 0 Å². The van der Waals surface area contributed by atoms with Crippen LogP contribution in [-0.4, -0.2) is 267 Å². The van der Waals surface area contributed by atoms with E-state index in [9.17, 15) is 21.0 Å². The molecule has 3 aromatic carbocycles. The van der Waals surface area contributed by atoms with Gasteiger partial charge in [0, 0.05) is 177 Å². The number of nitrogens with two attached hydrogens (primary N) is 5. The van der Waals surface area contributed by atoms with Crippen LogP contribution in [0, 0.1) is 13.8 Å². The van der Waals surface area contributed by atoms with Gasteiger partial charge in [0.15, 0.2) is 58.2 Å². The van der Waals surface area contributed by atoms with Crippen molar-refractivity contribution in [1.82, 2.24) is 59.8 Å². The lowest BCUT2D eigenvalue weighted by molar-refractivity contribution is 0.0985. The van der Waals surface area contributed by atoms with Crippen molar-refractivity contribution in [3.05, 3.63) is 139 Å². The molecule has 7 aromatic heterocycles. The van der Waals surface area contributed by atoms with Crippen molar-refractivity contribution < 1.29 is 44.7 Å². The van der Waals surface area contributed by atoms with Crippen LogP contribution in [0.25, 0.3) is 56.9 Å². The zero-order chi connectivity index (χ0) is 96.8. The molecular formula is C95H127N27O10S5. The molecule has 10 N–H and O–H groups in total. The van der Waals surface area contributed by atoms with Gasteiger partial charge in [-0.25, -0.2) is 80.9 Å². The maximum atomic E-state index is 12.9. The Kier molecular flexibility index (Phi) is 30.6. The first kappa shape index (κ1) is 98.9. The van der Waals surface area contributed by atoms with Crippen molar-refractivity contribution in [1.29, 1.82) is 0 Å². The number of benzene rings is 3. The molecule has 0 radical (unpaired) electrons. The highest BCUT2D eigenvalue weighted by Gasteiger charge is 2.37. The van der Waals surface area contributed by atoms with Crippen LogP contribution in [0.15, 0.2) is 149 Å². The predicted octanol–water partition coefficient (Wildman–Crippen LogP) is 13.6. The second-order valence-corrected chi connectivity index (χ2v) is 50.0. The summed E-state index contributed by atoms with van der Waals surface area (Å²) in [4.78, 5) is 66.2. The summed E-state index contributed by atoms with van der Waals surface area (Å²) in [7, 11) is -11.5. The van der Waals surface area contributed by atoms with Crippen LogP contribution in [0.3, 0.4) is 0 Å². The Morgan fingerprint density at radius 2 is 0.482 bits per heavy atom. The summed E-state index contributed by atoms with van der Waals surface area (Å²) < 4.78 is 115. The molecule has 5 saturated carbocycles. The number of hydrogen-bond donors (Lipinski definition) is 5. The van der Waals surface area contributed by atoms with Crippen molar-refractivity contribution in [3.8, 4) is 56.9 Å². The maximum Gasteiger partial charge on any atom is 0.167 e. The van der Waals surface area contributed by atoms with E-state index in [-0.39, 0.29) is 56.5 Å². The molecule has 10 aliphatic rings. The third-order valence-electron chi connectivity index (χ3n) is 24.8. The monoisotopic (exact) mass is 1970 g/mol. The van der Waals surface area contributed by atoms with E-state index in [0.29, 0.717) is 153 Å². The molecular weight excluding hydrogens is 1840 g/mol. The molecule has 20 rings (SSSR count). The van der Waals surface area contributed by atoms with E-state index >= 15 is 0 Å². The Bertz CT molecular complexity index is 6200. The van der Waals surface area contributed by atoms with E-state index in [1.54, 1.807) is 43.4 Å². The third-order valence-corrected chi connectivity index (χ3v) is 36.1. The first-order valence-electron chi connectivity index (χ1n) is 46.7. The summed E-state index contributed by atoms with van der Waals surface area (Å²) in [6.45, 7) is 24.4. The molecule has 0 amide bonds. The molecule has 5 aliphatic heterocycles. The Labute approximate surface area is 804 Å². The molecule has 732 valence electrons. The van der Waals surface area contributed by atoms with E-state index in [4.69, 9.17) is 77.3 Å². The Balaban J connectivity index is 0.000000124. The van der Waals surface area contributed by atoms with Crippen molar-refractivity contribution in [2.24, 2.45) is 21.8 Å². The SMILES string of the molecule is C[C@@H]1COCCN1c1cc(N=S(C)(=O)C2CC2)nc(-c2cccc(N)c2)n1.C[C@@H]1COCCN1c1cc(N=[S@@](C)(=O)C2CC2)nc(-c2cccc(N)c2)n1.C[C@@H]1COCCN1c1cc(N=[S@](C)(=O)C2CC2)nc(-c2cccc(N)c2)n1.Cc1cc(-c2nc(N=S(C)(=O)C3CC3)cc(N3CCOC[C@H]3C)n2)cc(N)n1.Cc1cc(-c2nc(N=[S@](C)(=O)C3CC3)cc(N3CCOC[C@H]3C)n2)cc(N)n1. The average molecular weight is 1970 g/mol. The van der Waals surface area contributed by atoms with E-state index in [1.807, 2.05) is 129 Å². The lowest BCUT2D eigenvalue weighted by atomic mass is 10.2. The molecule has 0 spiro atoms. The second kappa shape index (κ2) is 42.3. The van der Waals surface area contributed by atoms with E-state index in [2.05, 4.69) is 116 Å². The summed E-state index contributed by atoms with van der Waals surface area (Å²) in [5.41, 5.74) is 37.2. The summed E-state index contributed by atoms with van der Waals surface area (Å²) in [5, 5.41) is 0.850. The van der Waals surface area contributed by atoms with Gasteiger partial charge in [0.05, 0.1) is 145 Å². The van der Waals surface area contributed by atoms with Gasteiger partial charge in [-0.1, -0.05) is 36.4 Å². The number of nitrogens with zero attached hydrogens (tertiary/aromatic N) is 22. The van der Waals surface area contributed by atoms with Gasteiger partial charge < -0.3 is 76.9 Å². The van der Waals surface area contributed by atoms with Gasteiger partial charge in [0.1, 0.15) is 40.7 Å². The number of aryl methyl sites for hydroxylation is 2. The van der Waals surface area contributed by atoms with Crippen LogP contribution in [0.5, 0.6) is 0 Å². The van der Waals surface area contributed by atoms with Gasteiger partial charge >= 0.3 is 0 Å². The third kappa shape index (κ3) is 26.3. The quantitative estimate of drug-likeness (QED) is 0.0442. The van der Waals surface area contributed by atoms with Gasteiger partial charge in [-0.05, 0) is 173 Å². The van der Waals surface area contributed by atoms with Crippen molar-refractivity contribution >= 4 is 136 Å². The van der Waals surface area contributed by atoms with Gasteiger partial charge in [-0.15, -0.1) is 0 Å². The minimum absolute atomic E-state index is 0.162. The Hall–Kier alpha value is -11.1. The topological polar surface area (TPSA) is 494 Å². The fourth-order valence-corrected chi connectivity index (χ4v) is 24.7. The minimum Gasteiger partial charge on any atom is -0.399 e. The lowest BCUT2D eigenvalue weighted by Crippen LogP contribution is -2.44. The van der Waals surface area contributed by atoms with Gasteiger partial charge in [0.2, 0.25) is 0 Å². The standard InChI is InChI=1S/2C19H26N6O2S.3C19H25N5O2S/c2*1-12-8-14(9-16(20)21-12)19-22-17(24-28(3,26)15-4-5-15)10-18(23-19)25-6-7-27-11-13(25)2;3*1-13-12-26-9-8-24(13)18-11-17(23-27(2,25)16-6-7-16)21-19(22-18)14-4-3-5-15(20)10-14/h2*8-10,13,15H,4-7,11H2,1-3H3,(H2,20,21);3*3-5,10-11,13,16H,6-9,12,20H2,1-2H3/t13-,28?;13-,28-;13-,27?;13-,27+;13-,27-/m11111/s1. The van der Waals surface area contributed by atoms with Gasteiger partial charge in [0.25, 0.3) is 0 Å². The van der Waals surface area contributed by atoms with Crippen molar-refractivity contribution in [2.75, 3.05) is 183 Å². The van der Waals surface area contributed by atoms with Crippen LogP contribution in [0.1, 0.15) is 110 Å². The normalized spacial score (nSPS) is 22.2. The summed E-state index contributed by atoms with van der Waals surface area (Å²) in [6.07, 6.45) is 18.3. The average Bonchev–Trinajstić information content (AvgIpc) is 1.78. The Morgan fingerprint density at radius 3 is 0.664 bits per heavy atom. The fraction of sp³-hybridized carbons (Fsp3) is 0.495. The van der Waals surface area contributed by atoms with E-state index in [0.717, 1.165) is 165 Å². The fourth-order valence-electron chi connectivity index (χ4n) is 16.6. The van der Waals surface area contributed by atoms with Crippen molar-refractivity contribution in [3.63, 3.8) is 0 Å². The summed E-state index contributed by atoms with van der Waals surface area (Å²) >= 11 is 0. The predicted molar refractivity (Wildman–Crippen MR) is 548 cm³/mol. The van der Waals surface area contributed by atoms with Gasteiger partial charge in [-0.2, -0.15) is 21.8 Å². The maximum absolute atomic E-state index is 12.9. The zero-order valence-electron chi connectivity index (χ0n) is 79.9. The zero-order valence-corrected chi connectivity index (χ0v) is 84.0. The molecule has 0 bridgehead atoms. The first-order chi connectivity index (χ1) is 65.4. The number of anilines is 10. The highest BCUT2D eigenvalue weighted by atomic mass is 32.2. The number of morpholine rings is 5. The molecule has 37 nitrogen and oxygen atoms in total. The second-order valence-electron chi connectivity index (χ2n) is 37.1. The molecule has 10 aromatic rings. The first-order valence-corrected chi connectivity index (χ1v) is 56.6. The molecule has 5 saturated heterocycles. The van der Waals surface area contributed by atoms with Crippen LogP contribution in [0.4, 0.5) is 86.9 Å². The largest absolute Gasteiger partial charge is 0.399 e. The molecule has 42 heteroatoms. The number of aromatic nitrogens is 12. The number of nitrogen functional groups attached to an aromatic ring is 5. The highest BCUT2D eigenvalue weighted by molar-refractivity contribution is 7.95. The van der Waals surface area contributed by atoms with E-state index < -0.39 is 48.6 Å². The van der Waals surface area contributed by atoms with Crippen LogP contribution in [-0.2, 0) is 72.3 Å². The van der Waals surface area contributed by atoms with Crippen LogP contribution < -0.4 is 53.2 Å². The van der Waals surface area contributed by atoms with Crippen LogP contribution in [0.2, 0.25) is 0 Å². The molecule has 137 heavy (non-hydrogen) atoms. The number of rotatable bonds is 20. The van der Waals surface area contributed by atoms with Crippen molar-refractivity contribution in [2.45, 2.75) is 169 Å². The molecule has 12 heterocycles. The minimum atomic E-state index is -2.31.